The fourth-order valence-corrected chi connectivity index (χ4v) is 2.51. The molecule has 1 N–H and O–H groups in total. The second kappa shape index (κ2) is 4.61. The van der Waals surface area contributed by atoms with Crippen LogP contribution in [-0.2, 0) is 4.79 Å². The zero-order valence-electron chi connectivity index (χ0n) is 11.3. The van der Waals surface area contributed by atoms with Gasteiger partial charge < -0.3 is 5.32 Å². The van der Waals surface area contributed by atoms with Crippen molar-refractivity contribution in [1.82, 2.24) is 4.98 Å². The number of nitrogens with one attached hydrogen (secondary N) is 1. The number of fused-ring (bicyclic) bond motifs is 1. The molecule has 1 amide bonds. The molecule has 0 aliphatic heterocycles. The van der Waals surface area contributed by atoms with Crippen molar-refractivity contribution in [3.8, 4) is 6.07 Å². The van der Waals surface area contributed by atoms with E-state index >= 15 is 0 Å². The molecule has 1 aliphatic rings. The van der Waals surface area contributed by atoms with E-state index in [2.05, 4.69) is 16.4 Å². The lowest BCUT2D eigenvalue weighted by Gasteiger charge is -2.33. The van der Waals surface area contributed by atoms with Crippen molar-refractivity contribution in [2.75, 3.05) is 5.32 Å². The van der Waals surface area contributed by atoms with E-state index in [0.29, 0.717) is 18.5 Å². The Kier molecular flexibility index (Phi) is 2.90. The largest absolute Gasteiger partial charge is 0.323 e. The smallest absolute Gasteiger partial charge is 0.244 e. The number of nitriles is 1. The van der Waals surface area contributed by atoms with E-state index in [-0.39, 0.29) is 5.91 Å². The molecule has 1 saturated carbocycles. The summed E-state index contributed by atoms with van der Waals surface area (Å²) < 4.78 is 0. The van der Waals surface area contributed by atoms with Gasteiger partial charge >= 0.3 is 0 Å². The number of para-hydroxylation sites is 1. The molecule has 3 rings (SSSR count). The Morgan fingerprint density at radius 2 is 2.15 bits per heavy atom. The number of aromatic nitrogens is 1. The van der Waals surface area contributed by atoms with Gasteiger partial charge in [0.2, 0.25) is 5.91 Å². The number of rotatable bonds is 2. The first kappa shape index (κ1) is 12.6. The first-order chi connectivity index (χ1) is 9.64. The lowest BCUT2D eigenvalue weighted by Crippen LogP contribution is -2.40. The molecule has 1 fully saturated rings. The summed E-state index contributed by atoms with van der Waals surface area (Å²) in [6.45, 7) is 1.92. The third kappa shape index (κ3) is 1.92. The zero-order valence-corrected chi connectivity index (χ0v) is 11.3. The third-order valence-corrected chi connectivity index (χ3v) is 3.96. The minimum absolute atomic E-state index is 0.206. The van der Waals surface area contributed by atoms with Gasteiger partial charge in [0, 0.05) is 11.1 Å². The predicted octanol–water partition coefficient (Wildman–Crippen LogP) is 3.18. The molecular weight excluding hydrogens is 250 g/mol. The summed E-state index contributed by atoms with van der Waals surface area (Å²) in [6.07, 6.45) is 2.23. The summed E-state index contributed by atoms with van der Waals surface area (Å²) >= 11 is 0. The summed E-state index contributed by atoms with van der Waals surface area (Å²) in [5, 5.41) is 13.1. The Balaban J connectivity index is 1.97. The second-order valence-corrected chi connectivity index (χ2v) is 5.33. The fraction of sp³-hybridized carbons (Fsp3) is 0.312. The molecular formula is C16H15N3O. The Morgan fingerprint density at radius 1 is 1.35 bits per heavy atom. The van der Waals surface area contributed by atoms with Crippen LogP contribution in [0.3, 0.4) is 0 Å². The molecule has 1 aromatic carbocycles. The van der Waals surface area contributed by atoms with E-state index in [9.17, 15) is 10.1 Å². The lowest BCUT2D eigenvalue weighted by atomic mass is 9.69. The third-order valence-electron chi connectivity index (χ3n) is 3.96. The molecule has 4 nitrogen and oxygen atoms in total. The van der Waals surface area contributed by atoms with Crippen molar-refractivity contribution >= 4 is 22.5 Å². The number of nitrogens with zero attached hydrogens (tertiary/aromatic N) is 2. The van der Waals surface area contributed by atoms with E-state index in [1.54, 1.807) is 0 Å². The maximum absolute atomic E-state index is 12.3. The van der Waals surface area contributed by atoms with Crippen molar-refractivity contribution in [1.29, 1.82) is 5.26 Å². The number of amides is 1. The molecule has 1 heterocycles. The summed E-state index contributed by atoms with van der Waals surface area (Å²) in [5.41, 5.74) is 1.51. The number of carbonyl (C=O) groups is 1. The molecule has 0 saturated heterocycles. The zero-order chi connectivity index (χ0) is 14.2. The molecule has 1 aliphatic carbocycles. The van der Waals surface area contributed by atoms with Gasteiger partial charge in [-0.1, -0.05) is 18.2 Å². The monoisotopic (exact) mass is 265 g/mol. The molecule has 100 valence electrons. The quantitative estimate of drug-likeness (QED) is 0.906. The van der Waals surface area contributed by atoms with Crippen LogP contribution in [0.15, 0.2) is 30.3 Å². The van der Waals surface area contributed by atoms with Crippen molar-refractivity contribution in [2.24, 2.45) is 5.41 Å². The number of carbonyl (C=O) groups excluding carboxylic acids is 1. The highest BCUT2D eigenvalue weighted by atomic mass is 16.2. The second-order valence-electron chi connectivity index (χ2n) is 5.33. The van der Waals surface area contributed by atoms with E-state index in [1.165, 1.54) is 0 Å². The van der Waals surface area contributed by atoms with Crippen molar-refractivity contribution in [3.05, 3.63) is 36.0 Å². The number of aryl methyl sites for hydroxylation is 1. The number of anilines is 1. The highest BCUT2D eigenvalue weighted by Crippen LogP contribution is 2.41. The molecule has 20 heavy (non-hydrogen) atoms. The highest BCUT2D eigenvalue weighted by molar-refractivity contribution is 6.03. The van der Waals surface area contributed by atoms with Crippen LogP contribution in [0.5, 0.6) is 0 Å². The average molecular weight is 265 g/mol. The minimum atomic E-state index is -0.841. The number of pyridine rings is 1. The van der Waals surface area contributed by atoms with Gasteiger partial charge in [0.25, 0.3) is 0 Å². The van der Waals surface area contributed by atoms with Crippen LogP contribution < -0.4 is 5.32 Å². The van der Waals surface area contributed by atoms with Gasteiger partial charge in [-0.3, -0.25) is 9.78 Å². The Labute approximate surface area is 117 Å². The molecule has 2 aromatic rings. The van der Waals surface area contributed by atoms with Gasteiger partial charge in [-0.25, -0.2) is 0 Å². The predicted molar refractivity (Wildman–Crippen MR) is 77.0 cm³/mol. The number of hydrogen-bond donors (Lipinski definition) is 1. The van der Waals surface area contributed by atoms with Crippen molar-refractivity contribution < 1.29 is 4.79 Å². The van der Waals surface area contributed by atoms with Crippen LogP contribution in [0.2, 0.25) is 0 Å². The van der Waals surface area contributed by atoms with E-state index < -0.39 is 5.41 Å². The Bertz CT molecular complexity index is 726. The minimum Gasteiger partial charge on any atom is -0.323 e. The van der Waals surface area contributed by atoms with Gasteiger partial charge in [-0.05, 0) is 38.3 Å². The van der Waals surface area contributed by atoms with Gasteiger partial charge in [0.05, 0.1) is 17.3 Å². The van der Waals surface area contributed by atoms with Crippen LogP contribution in [-0.4, -0.2) is 10.9 Å². The fourth-order valence-electron chi connectivity index (χ4n) is 2.51. The van der Waals surface area contributed by atoms with Crippen molar-refractivity contribution in [2.45, 2.75) is 26.2 Å². The Hall–Kier alpha value is -2.41. The van der Waals surface area contributed by atoms with Crippen LogP contribution in [0.1, 0.15) is 25.0 Å². The molecule has 4 heteroatoms. The summed E-state index contributed by atoms with van der Waals surface area (Å²) in [6, 6.07) is 11.8. The molecule has 0 atom stereocenters. The van der Waals surface area contributed by atoms with E-state index in [0.717, 1.165) is 23.0 Å². The van der Waals surface area contributed by atoms with E-state index in [4.69, 9.17) is 0 Å². The summed E-state index contributed by atoms with van der Waals surface area (Å²) in [7, 11) is 0. The first-order valence-electron chi connectivity index (χ1n) is 6.74. The van der Waals surface area contributed by atoms with Gasteiger partial charge in [0.15, 0.2) is 0 Å². The van der Waals surface area contributed by atoms with Crippen molar-refractivity contribution in [3.63, 3.8) is 0 Å². The maximum Gasteiger partial charge on any atom is 0.244 e. The average Bonchev–Trinajstić information content (AvgIpc) is 2.39. The first-order valence-corrected chi connectivity index (χ1v) is 6.74. The molecule has 0 bridgehead atoms. The topological polar surface area (TPSA) is 65.8 Å². The Morgan fingerprint density at radius 3 is 2.80 bits per heavy atom. The van der Waals surface area contributed by atoms with Gasteiger partial charge in [0.1, 0.15) is 5.41 Å². The molecule has 0 radical (unpaired) electrons. The van der Waals surface area contributed by atoms with Gasteiger partial charge in [-0.2, -0.15) is 5.26 Å². The SMILES string of the molecule is Cc1ccc2cccc(NC(=O)C3(C#N)CCC3)c2n1. The van der Waals surface area contributed by atoms with Crippen LogP contribution in [0, 0.1) is 23.7 Å². The number of hydrogen-bond acceptors (Lipinski definition) is 3. The standard InChI is InChI=1S/C16H15N3O/c1-11-6-7-12-4-2-5-13(14(12)18-11)19-15(20)16(10-17)8-3-9-16/h2,4-7H,3,8-9H2,1H3,(H,19,20). The number of benzene rings is 1. The molecule has 0 unspecified atom stereocenters. The van der Waals surface area contributed by atoms with Crippen LogP contribution in [0.4, 0.5) is 5.69 Å². The van der Waals surface area contributed by atoms with E-state index in [1.807, 2.05) is 37.3 Å². The normalized spacial score (nSPS) is 16.2. The molecule has 0 spiro atoms. The molecule has 1 aromatic heterocycles. The van der Waals surface area contributed by atoms with Crippen LogP contribution in [0.25, 0.3) is 10.9 Å². The highest BCUT2D eigenvalue weighted by Gasteiger charge is 2.44. The summed E-state index contributed by atoms with van der Waals surface area (Å²) in [4.78, 5) is 16.8. The maximum atomic E-state index is 12.3. The lowest BCUT2D eigenvalue weighted by molar-refractivity contribution is -0.126. The van der Waals surface area contributed by atoms with Crippen LogP contribution >= 0.6 is 0 Å². The summed E-state index contributed by atoms with van der Waals surface area (Å²) in [5.74, 6) is -0.206. The van der Waals surface area contributed by atoms with Gasteiger partial charge in [-0.15, -0.1) is 0 Å².